The number of aromatic nitrogens is 4. The number of hydrogen-bond acceptors (Lipinski definition) is 4. The van der Waals surface area contributed by atoms with Crippen LogP contribution in [-0.2, 0) is 6.42 Å². The van der Waals surface area contributed by atoms with Crippen molar-refractivity contribution in [3.8, 4) is 0 Å². The monoisotopic (exact) mass is 237 g/mol. The summed E-state index contributed by atoms with van der Waals surface area (Å²) in [6, 6.07) is 1.86. The maximum atomic E-state index is 5.95. The number of anilines is 1. The Kier molecular flexibility index (Phi) is 3.71. The van der Waals surface area contributed by atoms with Crippen LogP contribution >= 0.6 is 11.6 Å². The van der Waals surface area contributed by atoms with E-state index in [1.165, 1.54) is 6.33 Å². The maximum Gasteiger partial charge on any atom is 0.137 e. The molecule has 2 aromatic heterocycles. The third-order valence-corrected chi connectivity index (χ3v) is 2.44. The van der Waals surface area contributed by atoms with Crippen molar-refractivity contribution in [1.82, 2.24) is 20.2 Å². The van der Waals surface area contributed by atoms with Gasteiger partial charge in [-0.05, 0) is 12.5 Å². The summed E-state index contributed by atoms with van der Waals surface area (Å²) in [7, 11) is 0. The molecule has 5 nitrogen and oxygen atoms in total. The van der Waals surface area contributed by atoms with Gasteiger partial charge in [-0.15, -0.1) is 0 Å². The van der Waals surface area contributed by atoms with Crippen molar-refractivity contribution in [3.05, 3.63) is 35.6 Å². The molecule has 0 fully saturated rings. The van der Waals surface area contributed by atoms with Gasteiger partial charge in [0.05, 0.1) is 10.7 Å². The van der Waals surface area contributed by atoms with Gasteiger partial charge < -0.3 is 5.32 Å². The molecule has 6 heteroatoms. The number of H-pyrrole nitrogens is 1. The second-order valence-corrected chi connectivity index (χ2v) is 3.73. The summed E-state index contributed by atoms with van der Waals surface area (Å²) in [6.07, 6.45) is 6.69. The number of nitrogens with one attached hydrogen (secondary N) is 2. The van der Waals surface area contributed by atoms with Crippen molar-refractivity contribution in [2.24, 2.45) is 0 Å². The zero-order chi connectivity index (χ0) is 11.2. The molecule has 0 aliphatic carbocycles. The van der Waals surface area contributed by atoms with Crippen LogP contribution < -0.4 is 5.32 Å². The topological polar surface area (TPSA) is 66.5 Å². The maximum absolute atomic E-state index is 5.95. The molecule has 0 spiro atoms. The van der Waals surface area contributed by atoms with Crippen LogP contribution in [0.4, 0.5) is 5.69 Å². The predicted octanol–water partition coefficient (Wildman–Crippen LogP) is 1.90. The van der Waals surface area contributed by atoms with E-state index in [9.17, 15) is 0 Å². The van der Waals surface area contributed by atoms with E-state index >= 15 is 0 Å². The first kappa shape index (κ1) is 10.9. The zero-order valence-electron chi connectivity index (χ0n) is 8.65. The summed E-state index contributed by atoms with van der Waals surface area (Å²) < 4.78 is 0. The van der Waals surface area contributed by atoms with Crippen LogP contribution in [0.25, 0.3) is 0 Å². The Morgan fingerprint density at radius 2 is 2.38 bits per heavy atom. The summed E-state index contributed by atoms with van der Waals surface area (Å²) in [5.74, 6) is 0.905. The highest BCUT2D eigenvalue weighted by atomic mass is 35.5. The van der Waals surface area contributed by atoms with Gasteiger partial charge in [0.25, 0.3) is 0 Å². The Bertz CT molecular complexity index is 429. The largest absolute Gasteiger partial charge is 0.384 e. The molecule has 0 saturated heterocycles. The van der Waals surface area contributed by atoms with Gasteiger partial charge in [0.1, 0.15) is 12.2 Å². The summed E-state index contributed by atoms with van der Waals surface area (Å²) in [6.45, 7) is 0.838. The molecule has 0 amide bonds. The van der Waals surface area contributed by atoms with Crippen LogP contribution in [-0.4, -0.2) is 26.7 Å². The van der Waals surface area contributed by atoms with Crippen molar-refractivity contribution < 1.29 is 0 Å². The lowest BCUT2D eigenvalue weighted by Crippen LogP contribution is -2.04. The van der Waals surface area contributed by atoms with Gasteiger partial charge in [-0.25, -0.2) is 4.98 Å². The van der Waals surface area contributed by atoms with E-state index in [4.69, 9.17) is 11.6 Å². The molecule has 0 aliphatic heterocycles. The van der Waals surface area contributed by atoms with E-state index in [1.807, 2.05) is 6.07 Å². The van der Waals surface area contributed by atoms with Gasteiger partial charge in [0.2, 0.25) is 0 Å². The van der Waals surface area contributed by atoms with Crippen LogP contribution in [0.15, 0.2) is 24.8 Å². The lowest BCUT2D eigenvalue weighted by atomic mass is 10.3. The van der Waals surface area contributed by atoms with Crippen molar-refractivity contribution >= 4 is 17.3 Å². The third-order valence-electron chi connectivity index (χ3n) is 2.14. The number of halogens is 1. The summed E-state index contributed by atoms with van der Waals surface area (Å²) in [5.41, 5.74) is 0.911. The van der Waals surface area contributed by atoms with Crippen molar-refractivity contribution in [2.45, 2.75) is 12.8 Å². The molecule has 16 heavy (non-hydrogen) atoms. The Morgan fingerprint density at radius 3 is 3.12 bits per heavy atom. The lowest BCUT2D eigenvalue weighted by molar-refractivity contribution is 0.805. The van der Waals surface area contributed by atoms with Crippen molar-refractivity contribution in [2.75, 3.05) is 11.9 Å². The minimum absolute atomic E-state index is 0.641. The van der Waals surface area contributed by atoms with Crippen molar-refractivity contribution in [1.29, 1.82) is 0 Å². The van der Waals surface area contributed by atoms with E-state index in [0.29, 0.717) is 5.02 Å². The quantitative estimate of drug-likeness (QED) is 0.780. The van der Waals surface area contributed by atoms with E-state index < -0.39 is 0 Å². The van der Waals surface area contributed by atoms with Crippen LogP contribution in [0.1, 0.15) is 12.2 Å². The van der Waals surface area contributed by atoms with Gasteiger partial charge >= 0.3 is 0 Å². The molecule has 0 atom stereocenters. The van der Waals surface area contributed by atoms with E-state index in [0.717, 1.165) is 30.9 Å². The molecule has 2 N–H and O–H groups in total. The normalized spacial score (nSPS) is 10.3. The Hall–Kier alpha value is -1.62. The average Bonchev–Trinajstić information content (AvgIpc) is 2.79. The molecular formula is C10H12ClN5. The second-order valence-electron chi connectivity index (χ2n) is 3.32. The summed E-state index contributed by atoms with van der Waals surface area (Å²) >= 11 is 5.95. The summed E-state index contributed by atoms with van der Waals surface area (Å²) in [4.78, 5) is 7.97. The SMILES string of the molecule is Clc1cnccc1NCCCc1ncn[nH]1. The smallest absolute Gasteiger partial charge is 0.137 e. The molecule has 0 aliphatic rings. The van der Waals surface area contributed by atoms with Crippen LogP contribution in [0.3, 0.4) is 0 Å². The molecular weight excluding hydrogens is 226 g/mol. The predicted molar refractivity (Wildman–Crippen MR) is 62.4 cm³/mol. The second kappa shape index (κ2) is 5.46. The Morgan fingerprint density at radius 1 is 1.44 bits per heavy atom. The fourth-order valence-electron chi connectivity index (χ4n) is 1.35. The third kappa shape index (κ3) is 2.93. The number of aryl methyl sites for hydroxylation is 1. The zero-order valence-corrected chi connectivity index (χ0v) is 9.41. The molecule has 2 aromatic rings. The average molecular weight is 238 g/mol. The van der Waals surface area contributed by atoms with Crippen LogP contribution in [0.5, 0.6) is 0 Å². The van der Waals surface area contributed by atoms with Crippen molar-refractivity contribution in [3.63, 3.8) is 0 Å². The minimum atomic E-state index is 0.641. The number of hydrogen-bond donors (Lipinski definition) is 2. The molecule has 0 aromatic carbocycles. The number of nitrogens with zero attached hydrogens (tertiary/aromatic N) is 3. The van der Waals surface area contributed by atoms with Gasteiger partial charge in [0.15, 0.2) is 0 Å². The first-order valence-electron chi connectivity index (χ1n) is 5.04. The van der Waals surface area contributed by atoms with Crippen LogP contribution in [0, 0.1) is 0 Å². The molecule has 2 rings (SSSR count). The minimum Gasteiger partial charge on any atom is -0.384 e. The highest BCUT2D eigenvalue weighted by Gasteiger charge is 1.99. The number of aromatic amines is 1. The van der Waals surface area contributed by atoms with E-state index in [2.05, 4.69) is 25.5 Å². The highest BCUT2D eigenvalue weighted by molar-refractivity contribution is 6.33. The molecule has 84 valence electrons. The lowest BCUT2D eigenvalue weighted by Gasteiger charge is -2.06. The molecule has 0 bridgehead atoms. The Labute approximate surface area is 98.3 Å². The first-order chi connectivity index (χ1) is 7.86. The fraction of sp³-hybridized carbons (Fsp3) is 0.300. The van der Waals surface area contributed by atoms with E-state index in [1.54, 1.807) is 12.4 Å². The molecule has 0 radical (unpaired) electrons. The van der Waals surface area contributed by atoms with Gasteiger partial charge in [-0.1, -0.05) is 11.6 Å². The highest BCUT2D eigenvalue weighted by Crippen LogP contribution is 2.18. The molecule has 2 heterocycles. The van der Waals surface area contributed by atoms with Gasteiger partial charge in [0, 0.05) is 25.4 Å². The van der Waals surface area contributed by atoms with Gasteiger partial charge in [-0.2, -0.15) is 5.10 Å². The summed E-state index contributed by atoms with van der Waals surface area (Å²) in [5, 5.41) is 10.5. The number of pyridine rings is 1. The number of rotatable bonds is 5. The van der Waals surface area contributed by atoms with Gasteiger partial charge in [-0.3, -0.25) is 10.1 Å². The molecule has 0 unspecified atom stereocenters. The Balaban J connectivity index is 1.74. The molecule has 0 saturated carbocycles. The first-order valence-corrected chi connectivity index (χ1v) is 5.41. The fourth-order valence-corrected chi connectivity index (χ4v) is 1.53. The van der Waals surface area contributed by atoms with E-state index in [-0.39, 0.29) is 0 Å². The van der Waals surface area contributed by atoms with Crippen LogP contribution in [0.2, 0.25) is 5.02 Å². The standard InChI is InChI=1S/C10H12ClN5/c11-8-6-12-5-3-9(8)13-4-1-2-10-14-7-15-16-10/h3,5-7H,1-2,4H2,(H,12,13)(H,14,15,16).